The van der Waals surface area contributed by atoms with E-state index in [2.05, 4.69) is 60.8 Å². The number of nitrogens with one attached hydrogen (secondary N) is 1. The molecule has 3 heteroatoms. The second kappa shape index (κ2) is 8.17. The smallest absolute Gasteiger partial charge is 0.0633 e. The number of hydrogen-bond acceptors (Lipinski definition) is 3. The molecule has 0 bridgehead atoms. The summed E-state index contributed by atoms with van der Waals surface area (Å²) >= 11 is 0. The molecule has 0 unspecified atom stereocenters. The minimum atomic E-state index is -0.691. The van der Waals surface area contributed by atoms with Crippen LogP contribution in [0.5, 0.6) is 0 Å². The third-order valence-electron chi connectivity index (χ3n) is 5.32. The molecule has 0 aromatic heterocycles. The van der Waals surface area contributed by atoms with Crippen molar-refractivity contribution < 1.29 is 10.2 Å². The second-order valence-corrected chi connectivity index (χ2v) is 7.38. The lowest BCUT2D eigenvalue weighted by molar-refractivity contribution is 0.103. The Morgan fingerprint density at radius 1 is 0.808 bits per heavy atom. The number of benzene rings is 3. The van der Waals surface area contributed by atoms with Crippen LogP contribution in [0.4, 0.5) is 0 Å². The minimum Gasteiger partial charge on any atom is -0.394 e. The molecule has 138 valence electrons. The maximum absolute atomic E-state index is 9.61. The average molecular weight is 351 g/mol. The summed E-state index contributed by atoms with van der Waals surface area (Å²) in [6.07, 6.45) is 3.44. The van der Waals surface area contributed by atoms with Crippen LogP contribution in [0.25, 0.3) is 21.5 Å². The minimum absolute atomic E-state index is 0.103. The first kappa shape index (κ1) is 18.8. The molecule has 3 N–H and O–H groups in total. The average Bonchev–Trinajstić information content (AvgIpc) is 2.70. The molecule has 0 atom stereocenters. The molecule has 0 amide bonds. The van der Waals surface area contributed by atoms with Gasteiger partial charge >= 0.3 is 0 Å². The Hall–Kier alpha value is -1.94. The molecule has 3 aromatic carbocycles. The van der Waals surface area contributed by atoms with E-state index in [1.54, 1.807) is 0 Å². The molecule has 0 aliphatic rings. The van der Waals surface area contributed by atoms with Crippen LogP contribution in [0.15, 0.2) is 48.5 Å². The van der Waals surface area contributed by atoms with Crippen molar-refractivity contribution in [2.45, 2.75) is 45.2 Å². The van der Waals surface area contributed by atoms with E-state index < -0.39 is 5.54 Å². The van der Waals surface area contributed by atoms with Crippen molar-refractivity contribution in [2.24, 2.45) is 0 Å². The number of fused-ring (bicyclic) bond motifs is 2. The van der Waals surface area contributed by atoms with Gasteiger partial charge in [0.15, 0.2) is 0 Å². The number of aryl methyl sites for hydroxylation is 1. The van der Waals surface area contributed by atoms with Crippen molar-refractivity contribution in [2.75, 3.05) is 13.2 Å². The van der Waals surface area contributed by atoms with E-state index in [1.165, 1.54) is 45.5 Å². The Labute approximate surface area is 155 Å². The van der Waals surface area contributed by atoms with E-state index in [9.17, 15) is 10.2 Å². The first-order valence-corrected chi connectivity index (χ1v) is 9.51. The summed E-state index contributed by atoms with van der Waals surface area (Å²) in [5.74, 6) is 0. The highest BCUT2D eigenvalue weighted by atomic mass is 16.3. The van der Waals surface area contributed by atoms with Crippen molar-refractivity contribution >= 4 is 21.5 Å². The summed E-state index contributed by atoms with van der Waals surface area (Å²) < 4.78 is 0. The Kier molecular flexibility index (Phi) is 5.92. The first-order chi connectivity index (χ1) is 12.6. The zero-order valence-electron chi connectivity index (χ0n) is 15.8. The Morgan fingerprint density at radius 3 is 1.69 bits per heavy atom. The standard InChI is InChI=1S/C23H29NO2/c1-3-4-9-17-18-10-5-7-12-20(18)22(14-24-23(2,15-25)16-26)21-13-8-6-11-19(17)21/h5-8,10-13,24-26H,3-4,9,14-16H2,1-2H3. The normalized spacial score (nSPS) is 12.2. The number of aliphatic hydroxyl groups excluding tert-OH is 2. The van der Waals surface area contributed by atoms with Gasteiger partial charge in [-0.3, -0.25) is 0 Å². The molecule has 0 heterocycles. The highest BCUT2D eigenvalue weighted by molar-refractivity contribution is 6.05. The molecule has 3 nitrogen and oxygen atoms in total. The zero-order valence-corrected chi connectivity index (χ0v) is 15.8. The van der Waals surface area contributed by atoms with E-state index in [-0.39, 0.29) is 13.2 Å². The zero-order chi connectivity index (χ0) is 18.6. The van der Waals surface area contributed by atoms with Gasteiger partial charge < -0.3 is 15.5 Å². The second-order valence-electron chi connectivity index (χ2n) is 7.38. The van der Waals surface area contributed by atoms with Crippen molar-refractivity contribution in [3.05, 3.63) is 59.7 Å². The van der Waals surface area contributed by atoms with Crippen LogP contribution in [0.1, 0.15) is 37.8 Å². The number of aliphatic hydroxyl groups is 2. The highest BCUT2D eigenvalue weighted by Gasteiger charge is 2.22. The first-order valence-electron chi connectivity index (χ1n) is 9.51. The van der Waals surface area contributed by atoms with Gasteiger partial charge in [0.05, 0.1) is 18.8 Å². The Bertz CT molecular complexity index is 827. The summed E-state index contributed by atoms with van der Waals surface area (Å²) in [4.78, 5) is 0. The van der Waals surface area contributed by atoms with Gasteiger partial charge in [-0.05, 0) is 52.4 Å². The largest absolute Gasteiger partial charge is 0.394 e. The van der Waals surface area contributed by atoms with Gasteiger partial charge in [-0.15, -0.1) is 0 Å². The predicted molar refractivity (Wildman–Crippen MR) is 109 cm³/mol. The summed E-state index contributed by atoms with van der Waals surface area (Å²) in [6.45, 7) is 4.47. The van der Waals surface area contributed by atoms with Crippen molar-refractivity contribution in [1.82, 2.24) is 5.32 Å². The topological polar surface area (TPSA) is 52.5 Å². The molecule has 0 fully saturated rings. The third kappa shape index (κ3) is 3.61. The van der Waals surface area contributed by atoms with Crippen LogP contribution in [-0.4, -0.2) is 29.0 Å². The molecular formula is C23H29NO2. The van der Waals surface area contributed by atoms with Crippen LogP contribution in [0.2, 0.25) is 0 Å². The number of rotatable bonds is 8. The van der Waals surface area contributed by atoms with Crippen molar-refractivity contribution in [3.8, 4) is 0 Å². The lowest BCUT2D eigenvalue weighted by Crippen LogP contribution is -2.48. The van der Waals surface area contributed by atoms with Crippen LogP contribution < -0.4 is 5.32 Å². The summed E-state index contributed by atoms with van der Waals surface area (Å²) in [6, 6.07) is 17.2. The van der Waals surface area contributed by atoms with Gasteiger partial charge in [0, 0.05) is 6.54 Å². The lowest BCUT2D eigenvalue weighted by atomic mass is 9.89. The fourth-order valence-corrected chi connectivity index (χ4v) is 3.59. The van der Waals surface area contributed by atoms with Gasteiger partial charge in [-0.1, -0.05) is 61.9 Å². The molecule has 3 rings (SSSR count). The van der Waals surface area contributed by atoms with E-state index in [0.717, 1.165) is 6.42 Å². The van der Waals surface area contributed by atoms with E-state index in [1.807, 2.05) is 6.92 Å². The molecule has 0 saturated heterocycles. The van der Waals surface area contributed by atoms with Gasteiger partial charge in [0.1, 0.15) is 0 Å². The molecule has 0 spiro atoms. The van der Waals surface area contributed by atoms with E-state index in [0.29, 0.717) is 6.54 Å². The van der Waals surface area contributed by atoms with Crippen LogP contribution >= 0.6 is 0 Å². The van der Waals surface area contributed by atoms with Crippen molar-refractivity contribution in [3.63, 3.8) is 0 Å². The van der Waals surface area contributed by atoms with Gasteiger partial charge in [0.2, 0.25) is 0 Å². The van der Waals surface area contributed by atoms with Gasteiger partial charge in [-0.25, -0.2) is 0 Å². The third-order valence-corrected chi connectivity index (χ3v) is 5.32. The van der Waals surface area contributed by atoms with E-state index in [4.69, 9.17) is 0 Å². The monoisotopic (exact) mass is 351 g/mol. The summed E-state index contributed by atoms with van der Waals surface area (Å²) in [7, 11) is 0. The molecule has 3 aromatic rings. The molecule has 0 aliphatic carbocycles. The number of hydrogen-bond donors (Lipinski definition) is 3. The van der Waals surface area contributed by atoms with E-state index >= 15 is 0 Å². The fraction of sp³-hybridized carbons (Fsp3) is 0.391. The molecule has 0 saturated carbocycles. The molecule has 26 heavy (non-hydrogen) atoms. The van der Waals surface area contributed by atoms with Gasteiger partial charge in [-0.2, -0.15) is 0 Å². The highest BCUT2D eigenvalue weighted by Crippen LogP contribution is 2.34. The fourth-order valence-electron chi connectivity index (χ4n) is 3.59. The van der Waals surface area contributed by atoms with Crippen LogP contribution in [0, 0.1) is 0 Å². The Morgan fingerprint density at radius 2 is 1.27 bits per heavy atom. The van der Waals surface area contributed by atoms with Crippen LogP contribution in [0.3, 0.4) is 0 Å². The predicted octanol–water partition coefficient (Wildman–Crippen LogP) is 4.17. The lowest BCUT2D eigenvalue weighted by Gasteiger charge is -2.27. The summed E-state index contributed by atoms with van der Waals surface area (Å²) in [5.41, 5.74) is 1.96. The Balaban J connectivity index is 2.18. The molecule has 0 aliphatic heterocycles. The van der Waals surface area contributed by atoms with Gasteiger partial charge in [0.25, 0.3) is 0 Å². The van der Waals surface area contributed by atoms with Crippen LogP contribution in [-0.2, 0) is 13.0 Å². The van der Waals surface area contributed by atoms with Crippen molar-refractivity contribution in [1.29, 1.82) is 0 Å². The quantitative estimate of drug-likeness (QED) is 0.534. The maximum Gasteiger partial charge on any atom is 0.0633 e. The molecule has 0 radical (unpaired) electrons. The molecular weight excluding hydrogens is 322 g/mol. The number of unbranched alkanes of at least 4 members (excludes halogenated alkanes) is 1. The summed E-state index contributed by atoms with van der Waals surface area (Å²) in [5, 5.41) is 27.7. The SMILES string of the molecule is CCCCc1c2ccccc2c(CNC(C)(CO)CO)c2ccccc12. The maximum atomic E-state index is 9.61.